The Hall–Kier alpha value is -1.66. The summed E-state index contributed by atoms with van der Waals surface area (Å²) >= 11 is 1.69. The molecule has 0 unspecified atom stereocenters. The molecule has 102 valence electrons. The number of aromatic hydroxyl groups is 1. The minimum atomic E-state index is -0.416. The fourth-order valence-electron chi connectivity index (χ4n) is 1.70. The summed E-state index contributed by atoms with van der Waals surface area (Å²) < 4.78 is 5.17. The molecule has 5 nitrogen and oxygen atoms in total. The third-order valence-corrected chi connectivity index (χ3v) is 3.75. The van der Waals surface area contributed by atoms with Crippen molar-refractivity contribution in [3.05, 3.63) is 44.4 Å². The molecule has 2 aromatic rings. The van der Waals surface area contributed by atoms with Crippen LogP contribution in [0.3, 0.4) is 0 Å². The molecule has 0 fully saturated rings. The number of hydrogen-bond acceptors (Lipinski definition) is 6. The van der Waals surface area contributed by atoms with Gasteiger partial charge >= 0.3 is 0 Å². The molecule has 0 amide bonds. The average Bonchev–Trinajstić information content (AvgIpc) is 2.81. The van der Waals surface area contributed by atoms with E-state index in [-0.39, 0.29) is 5.75 Å². The van der Waals surface area contributed by atoms with Crippen LogP contribution >= 0.6 is 11.3 Å². The summed E-state index contributed by atoms with van der Waals surface area (Å²) in [5.74, 6) is 0.173. The maximum absolute atomic E-state index is 11.3. The number of hydrogen-bond donors (Lipinski definition) is 1. The number of rotatable bonds is 5. The van der Waals surface area contributed by atoms with E-state index in [1.807, 2.05) is 18.1 Å². The molecular weight excluding hydrogens is 264 g/mol. The van der Waals surface area contributed by atoms with E-state index in [9.17, 15) is 4.79 Å². The van der Waals surface area contributed by atoms with E-state index < -0.39 is 5.43 Å². The third-order valence-electron chi connectivity index (χ3n) is 2.62. The summed E-state index contributed by atoms with van der Waals surface area (Å²) in [6.45, 7) is 3.34. The second-order valence-electron chi connectivity index (χ2n) is 4.34. The summed E-state index contributed by atoms with van der Waals surface area (Å²) in [4.78, 5) is 18.8. The smallest absolute Gasteiger partial charge is 0.226 e. The maximum atomic E-state index is 11.3. The molecule has 0 aliphatic rings. The zero-order chi connectivity index (χ0) is 13.8. The van der Waals surface area contributed by atoms with Crippen molar-refractivity contribution in [2.45, 2.75) is 26.4 Å². The van der Waals surface area contributed by atoms with E-state index in [1.54, 1.807) is 11.3 Å². The second-order valence-corrected chi connectivity index (χ2v) is 5.54. The highest BCUT2D eigenvalue weighted by Crippen LogP contribution is 2.16. The van der Waals surface area contributed by atoms with Gasteiger partial charge in [-0.1, -0.05) is 6.92 Å². The maximum Gasteiger partial charge on any atom is 0.226 e. The van der Waals surface area contributed by atoms with Crippen LogP contribution in [0.15, 0.2) is 27.7 Å². The van der Waals surface area contributed by atoms with Gasteiger partial charge in [0.25, 0.3) is 0 Å². The van der Waals surface area contributed by atoms with Gasteiger partial charge < -0.3 is 9.52 Å². The lowest BCUT2D eigenvalue weighted by Gasteiger charge is -2.14. The average molecular weight is 280 g/mol. The Kier molecular flexibility index (Phi) is 4.34. The fourth-order valence-corrected chi connectivity index (χ4v) is 2.64. The molecule has 0 aliphatic carbocycles. The lowest BCUT2D eigenvalue weighted by atomic mass is 10.3. The number of aryl methyl sites for hydroxylation is 1. The Bertz CT molecular complexity index is 606. The largest absolute Gasteiger partial charge is 0.502 e. The van der Waals surface area contributed by atoms with Crippen LogP contribution in [0, 0.1) is 0 Å². The molecule has 0 spiro atoms. The minimum Gasteiger partial charge on any atom is -0.502 e. The fraction of sp³-hybridized carbons (Fsp3) is 0.385. The molecule has 0 saturated heterocycles. The first-order chi connectivity index (χ1) is 9.08. The van der Waals surface area contributed by atoms with Gasteiger partial charge in [-0.05, 0) is 13.5 Å². The predicted octanol–water partition coefficient (Wildman–Crippen LogP) is 2.00. The van der Waals surface area contributed by atoms with Crippen molar-refractivity contribution >= 4 is 11.3 Å². The van der Waals surface area contributed by atoms with Crippen LogP contribution in [0.5, 0.6) is 5.75 Å². The summed E-state index contributed by atoms with van der Waals surface area (Å²) in [5, 5.41) is 10.2. The van der Waals surface area contributed by atoms with E-state index >= 15 is 0 Å². The van der Waals surface area contributed by atoms with Crippen LogP contribution < -0.4 is 5.43 Å². The van der Waals surface area contributed by atoms with E-state index in [0.717, 1.165) is 24.2 Å². The van der Waals surface area contributed by atoms with Gasteiger partial charge in [0, 0.05) is 23.7 Å². The van der Waals surface area contributed by atoms with Gasteiger partial charge in [0.15, 0.2) is 5.75 Å². The first-order valence-corrected chi connectivity index (χ1v) is 6.83. The zero-order valence-electron chi connectivity index (χ0n) is 10.9. The van der Waals surface area contributed by atoms with Crippen molar-refractivity contribution in [1.82, 2.24) is 9.88 Å². The summed E-state index contributed by atoms with van der Waals surface area (Å²) in [6.07, 6.45) is 3.90. The Labute approximate surface area is 115 Å². The molecule has 1 N–H and O–H groups in total. The molecule has 0 radical (unpaired) electrons. The molecule has 0 saturated carbocycles. The van der Waals surface area contributed by atoms with Gasteiger partial charge in [-0.25, -0.2) is 4.98 Å². The monoisotopic (exact) mass is 280 g/mol. The van der Waals surface area contributed by atoms with E-state index in [2.05, 4.69) is 11.9 Å². The quantitative estimate of drug-likeness (QED) is 0.907. The van der Waals surface area contributed by atoms with Crippen molar-refractivity contribution in [2.24, 2.45) is 0 Å². The molecule has 0 atom stereocenters. The molecule has 2 heterocycles. The number of aromatic nitrogens is 1. The number of thiazole rings is 1. The molecule has 0 aliphatic heterocycles. The highest BCUT2D eigenvalue weighted by atomic mass is 32.1. The van der Waals surface area contributed by atoms with Crippen LogP contribution in [0.1, 0.15) is 22.6 Å². The molecule has 2 aromatic heterocycles. The standard InChI is InChI=1S/C13H16N2O3S/c1-3-13-14-5-10(19-13)7-15(2)6-9-4-11(16)12(17)8-18-9/h4-5,8,17H,3,6-7H2,1-2H3. The van der Waals surface area contributed by atoms with Gasteiger partial charge in [-0.2, -0.15) is 0 Å². The summed E-state index contributed by atoms with van der Waals surface area (Å²) in [5.41, 5.74) is -0.416. The van der Waals surface area contributed by atoms with E-state index in [4.69, 9.17) is 9.52 Å². The van der Waals surface area contributed by atoms with Gasteiger partial charge in [-0.15, -0.1) is 11.3 Å². The molecule has 6 heteroatoms. The van der Waals surface area contributed by atoms with Crippen molar-refractivity contribution in [3.8, 4) is 5.75 Å². The van der Waals surface area contributed by atoms with Crippen LogP contribution in [-0.4, -0.2) is 22.0 Å². The van der Waals surface area contributed by atoms with Crippen LogP contribution in [0.2, 0.25) is 0 Å². The van der Waals surface area contributed by atoms with E-state index in [0.29, 0.717) is 12.3 Å². The van der Waals surface area contributed by atoms with Crippen molar-refractivity contribution in [1.29, 1.82) is 0 Å². The molecule has 0 aromatic carbocycles. The van der Waals surface area contributed by atoms with E-state index in [1.165, 1.54) is 10.9 Å². The zero-order valence-corrected chi connectivity index (χ0v) is 11.7. The molecular formula is C13H16N2O3S. The van der Waals surface area contributed by atoms with Crippen LogP contribution in [0.25, 0.3) is 0 Å². The molecule has 19 heavy (non-hydrogen) atoms. The predicted molar refractivity (Wildman–Crippen MR) is 73.3 cm³/mol. The van der Waals surface area contributed by atoms with Crippen molar-refractivity contribution < 1.29 is 9.52 Å². The highest BCUT2D eigenvalue weighted by molar-refractivity contribution is 7.11. The van der Waals surface area contributed by atoms with Crippen LogP contribution in [-0.2, 0) is 19.5 Å². The molecule has 2 rings (SSSR count). The third kappa shape index (κ3) is 3.65. The molecule has 0 bridgehead atoms. The summed E-state index contributed by atoms with van der Waals surface area (Å²) in [7, 11) is 1.94. The lowest BCUT2D eigenvalue weighted by molar-refractivity contribution is 0.282. The SMILES string of the molecule is CCc1ncc(CN(C)Cc2cc(=O)c(O)co2)s1. The van der Waals surface area contributed by atoms with Crippen molar-refractivity contribution in [3.63, 3.8) is 0 Å². The normalized spacial score (nSPS) is 11.1. The topological polar surface area (TPSA) is 66.6 Å². The summed E-state index contributed by atoms with van der Waals surface area (Å²) in [6, 6.07) is 1.32. The van der Waals surface area contributed by atoms with Gasteiger partial charge in [-0.3, -0.25) is 9.69 Å². The highest BCUT2D eigenvalue weighted by Gasteiger charge is 2.08. The second kappa shape index (κ2) is 5.99. The Morgan fingerprint density at radius 1 is 1.47 bits per heavy atom. The van der Waals surface area contributed by atoms with Gasteiger partial charge in [0.05, 0.1) is 11.6 Å². The van der Waals surface area contributed by atoms with Gasteiger partial charge in [0.1, 0.15) is 12.0 Å². The first-order valence-electron chi connectivity index (χ1n) is 6.01. The Morgan fingerprint density at radius 2 is 2.26 bits per heavy atom. The lowest BCUT2D eigenvalue weighted by Crippen LogP contribution is -2.17. The number of nitrogens with zero attached hydrogens (tertiary/aromatic N) is 2. The Morgan fingerprint density at radius 3 is 2.89 bits per heavy atom. The minimum absolute atomic E-state index is 0.360. The van der Waals surface area contributed by atoms with Crippen molar-refractivity contribution in [2.75, 3.05) is 7.05 Å². The van der Waals surface area contributed by atoms with Gasteiger partial charge in [0.2, 0.25) is 5.43 Å². The Balaban J connectivity index is 1.98. The van der Waals surface area contributed by atoms with Crippen LogP contribution in [0.4, 0.5) is 0 Å². The first kappa shape index (κ1) is 13.8.